The van der Waals surface area contributed by atoms with Crippen LogP contribution >= 0.6 is 12.2 Å². The van der Waals surface area contributed by atoms with Gasteiger partial charge in [0.05, 0.1) is 11.6 Å². The lowest BCUT2D eigenvalue weighted by Crippen LogP contribution is -2.45. The zero-order valence-electron chi connectivity index (χ0n) is 18.3. The fourth-order valence-electron chi connectivity index (χ4n) is 3.75. The van der Waals surface area contributed by atoms with Crippen molar-refractivity contribution in [2.75, 3.05) is 6.54 Å². The maximum Gasteiger partial charge on any atom is 0.258 e. The minimum atomic E-state index is -0.181. The van der Waals surface area contributed by atoms with Gasteiger partial charge < -0.3 is 14.7 Å². The Labute approximate surface area is 188 Å². The molecule has 1 aliphatic heterocycles. The van der Waals surface area contributed by atoms with Crippen LogP contribution < -0.4 is 5.32 Å². The molecule has 0 aliphatic carbocycles. The van der Waals surface area contributed by atoms with Gasteiger partial charge in [0.2, 0.25) is 5.82 Å². The lowest BCUT2D eigenvalue weighted by atomic mass is 9.92. The van der Waals surface area contributed by atoms with Gasteiger partial charge in [-0.2, -0.15) is 4.98 Å². The predicted molar refractivity (Wildman–Crippen MR) is 128 cm³/mol. The molecule has 0 amide bonds. The summed E-state index contributed by atoms with van der Waals surface area (Å²) in [4.78, 5) is 6.75. The number of benzene rings is 2. The molecule has 1 aromatic heterocycles. The summed E-state index contributed by atoms with van der Waals surface area (Å²) < 4.78 is 5.77. The Morgan fingerprint density at radius 2 is 1.84 bits per heavy atom. The molecule has 5 nitrogen and oxygen atoms in total. The molecule has 1 unspecified atom stereocenters. The summed E-state index contributed by atoms with van der Waals surface area (Å²) >= 11 is 5.67. The molecule has 0 fully saturated rings. The van der Waals surface area contributed by atoms with Gasteiger partial charge in [-0.1, -0.05) is 59.3 Å². The van der Waals surface area contributed by atoms with Crippen LogP contribution in [-0.2, 0) is 0 Å². The third-order valence-corrected chi connectivity index (χ3v) is 6.08. The summed E-state index contributed by atoms with van der Waals surface area (Å²) in [5.74, 6) is 1.05. The van der Waals surface area contributed by atoms with E-state index in [2.05, 4.69) is 56.0 Å². The van der Waals surface area contributed by atoms with Crippen molar-refractivity contribution in [2.45, 2.75) is 33.7 Å². The first-order valence-corrected chi connectivity index (χ1v) is 10.7. The van der Waals surface area contributed by atoms with E-state index in [4.69, 9.17) is 21.7 Å². The highest BCUT2D eigenvalue weighted by molar-refractivity contribution is 7.80. The summed E-state index contributed by atoms with van der Waals surface area (Å²) in [6.07, 6.45) is 1.83. The lowest BCUT2D eigenvalue weighted by Gasteiger charge is -2.37. The monoisotopic (exact) mass is 430 g/mol. The summed E-state index contributed by atoms with van der Waals surface area (Å²) in [5, 5.41) is 8.38. The van der Waals surface area contributed by atoms with Gasteiger partial charge in [0.1, 0.15) is 0 Å². The van der Waals surface area contributed by atoms with E-state index in [-0.39, 0.29) is 6.04 Å². The van der Waals surface area contributed by atoms with Gasteiger partial charge in [0.25, 0.3) is 5.89 Å². The van der Waals surface area contributed by atoms with Crippen LogP contribution in [0.25, 0.3) is 17.0 Å². The largest absolute Gasteiger partial charge is 0.351 e. The van der Waals surface area contributed by atoms with Crippen molar-refractivity contribution >= 4 is 22.9 Å². The molecule has 0 saturated heterocycles. The molecule has 6 heteroatoms. The average Bonchev–Trinajstić information content (AvgIpc) is 3.23. The molecule has 0 spiro atoms. The lowest BCUT2D eigenvalue weighted by molar-refractivity contribution is 0.399. The maximum absolute atomic E-state index is 5.77. The third kappa shape index (κ3) is 4.03. The Kier molecular flexibility index (Phi) is 5.74. The molecule has 2 heterocycles. The van der Waals surface area contributed by atoms with E-state index >= 15 is 0 Å². The summed E-state index contributed by atoms with van der Waals surface area (Å²) in [5.41, 5.74) is 7.58. The van der Waals surface area contributed by atoms with E-state index in [1.165, 1.54) is 16.7 Å². The van der Waals surface area contributed by atoms with Crippen LogP contribution in [0.15, 0.2) is 65.3 Å². The highest BCUT2D eigenvalue weighted by atomic mass is 32.1. The van der Waals surface area contributed by atoms with Crippen molar-refractivity contribution < 1.29 is 4.52 Å². The van der Waals surface area contributed by atoms with E-state index in [1.807, 2.05) is 42.2 Å². The van der Waals surface area contributed by atoms with Gasteiger partial charge in [0, 0.05) is 17.8 Å². The van der Waals surface area contributed by atoms with Crippen molar-refractivity contribution in [1.29, 1.82) is 0 Å². The topological polar surface area (TPSA) is 54.2 Å². The third-order valence-electron chi connectivity index (χ3n) is 5.74. The first kappa shape index (κ1) is 21.0. The van der Waals surface area contributed by atoms with E-state index in [0.717, 1.165) is 22.4 Å². The van der Waals surface area contributed by atoms with Crippen LogP contribution in [0.4, 0.5) is 0 Å². The molecule has 0 saturated carbocycles. The first-order chi connectivity index (χ1) is 14.9. The van der Waals surface area contributed by atoms with Crippen molar-refractivity contribution in [2.24, 2.45) is 0 Å². The highest BCUT2D eigenvalue weighted by Crippen LogP contribution is 2.37. The number of nitrogens with one attached hydrogen (secondary N) is 1. The quantitative estimate of drug-likeness (QED) is 0.425. The zero-order chi connectivity index (χ0) is 22.1. The first-order valence-electron chi connectivity index (χ1n) is 10.3. The van der Waals surface area contributed by atoms with Gasteiger partial charge in [-0.05, 0) is 56.6 Å². The van der Waals surface area contributed by atoms with Crippen LogP contribution in [-0.4, -0.2) is 26.7 Å². The van der Waals surface area contributed by atoms with Crippen molar-refractivity contribution in [3.05, 3.63) is 89.0 Å². The Morgan fingerprint density at radius 3 is 2.52 bits per heavy atom. The molecule has 3 aromatic rings. The summed E-state index contributed by atoms with van der Waals surface area (Å²) in [6.45, 7) is 12.8. The second-order valence-electron chi connectivity index (χ2n) is 7.91. The standard InChI is InChI=1S/C25H26N4OS/c1-6-13-29-18(5)21(22(26-25(29)31)20-12-9-16(3)17(4)14-20)24-27-23(28-30-24)19-10-7-15(2)8-11-19/h6-12,14,22H,1,13H2,2-5H3,(H,26,31). The number of aromatic nitrogens is 2. The van der Waals surface area contributed by atoms with Gasteiger partial charge in [-0.15, -0.1) is 6.58 Å². The maximum atomic E-state index is 5.77. The summed E-state index contributed by atoms with van der Waals surface area (Å²) in [6, 6.07) is 14.3. The van der Waals surface area contributed by atoms with Crippen LogP contribution in [0.2, 0.25) is 0 Å². The molecule has 2 aromatic carbocycles. The molecule has 158 valence electrons. The number of thiocarbonyl (C=S) groups is 1. The van der Waals surface area contributed by atoms with Gasteiger partial charge in [-0.25, -0.2) is 0 Å². The Bertz CT molecular complexity index is 1180. The number of rotatable bonds is 5. The molecular formula is C25H26N4OS. The normalized spacial score (nSPS) is 16.5. The van der Waals surface area contributed by atoms with Gasteiger partial charge in [-0.3, -0.25) is 0 Å². The number of allylic oxidation sites excluding steroid dienone is 1. The number of aryl methyl sites for hydroxylation is 3. The number of hydrogen-bond acceptors (Lipinski definition) is 4. The fourth-order valence-corrected chi connectivity index (χ4v) is 4.08. The summed E-state index contributed by atoms with van der Waals surface area (Å²) in [7, 11) is 0. The van der Waals surface area contributed by atoms with Crippen molar-refractivity contribution in [3.8, 4) is 11.4 Å². The Morgan fingerprint density at radius 1 is 1.10 bits per heavy atom. The van der Waals surface area contributed by atoms with Crippen molar-refractivity contribution in [1.82, 2.24) is 20.4 Å². The van der Waals surface area contributed by atoms with E-state index in [0.29, 0.717) is 23.4 Å². The van der Waals surface area contributed by atoms with Crippen LogP contribution in [0.3, 0.4) is 0 Å². The molecular weight excluding hydrogens is 404 g/mol. The minimum Gasteiger partial charge on any atom is -0.351 e. The Balaban J connectivity index is 1.83. The predicted octanol–water partition coefficient (Wildman–Crippen LogP) is 5.51. The van der Waals surface area contributed by atoms with Crippen LogP contribution in [0.5, 0.6) is 0 Å². The highest BCUT2D eigenvalue weighted by Gasteiger charge is 2.33. The molecule has 1 atom stereocenters. The second kappa shape index (κ2) is 8.47. The average molecular weight is 431 g/mol. The smallest absolute Gasteiger partial charge is 0.258 e. The van der Waals surface area contributed by atoms with Gasteiger partial charge >= 0.3 is 0 Å². The molecule has 4 rings (SSSR count). The molecule has 0 bridgehead atoms. The number of nitrogens with zero attached hydrogens (tertiary/aromatic N) is 3. The molecule has 31 heavy (non-hydrogen) atoms. The molecule has 0 radical (unpaired) electrons. The fraction of sp³-hybridized carbons (Fsp3) is 0.240. The minimum absolute atomic E-state index is 0.181. The molecule has 1 N–H and O–H groups in total. The van der Waals surface area contributed by atoms with Crippen LogP contribution in [0.1, 0.15) is 41.1 Å². The van der Waals surface area contributed by atoms with Gasteiger partial charge in [0.15, 0.2) is 5.11 Å². The van der Waals surface area contributed by atoms with Crippen molar-refractivity contribution in [3.63, 3.8) is 0 Å². The van der Waals surface area contributed by atoms with E-state index < -0.39 is 0 Å². The molecule has 1 aliphatic rings. The van der Waals surface area contributed by atoms with E-state index in [1.54, 1.807) is 0 Å². The van der Waals surface area contributed by atoms with E-state index in [9.17, 15) is 0 Å². The zero-order valence-corrected chi connectivity index (χ0v) is 19.1. The SMILES string of the molecule is C=CCN1C(=S)NC(c2ccc(C)c(C)c2)C(c2nc(-c3ccc(C)cc3)no2)=C1C. The second-order valence-corrected chi connectivity index (χ2v) is 8.30. The number of hydrogen-bond donors (Lipinski definition) is 1. The van der Waals surface area contributed by atoms with Crippen LogP contribution in [0, 0.1) is 20.8 Å². The Hall–Kier alpha value is -3.25.